The lowest BCUT2D eigenvalue weighted by atomic mass is 9.94. The fourth-order valence-electron chi connectivity index (χ4n) is 5.81. The summed E-state index contributed by atoms with van der Waals surface area (Å²) in [6.07, 6.45) is -3.73. The van der Waals surface area contributed by atoms with Gasteiger partial charge in [-0.05, 0) is 53.8 Å². The Morgan fingerprint density at radius 3 is 2.30 bits per heavy atom. The summed E-state index contributed by atoms with van der Waals surface area (Å²) in [6, 6.07) is 7.17. The highest BCUT2D eigenvalue weighted by Crippen LogP contribution is 2.37. The molecule has 43 heavy (non-hydrogen) atoms. The van der Waals surface area contributed by atoms with E-state index in [9.17, 15) is 22.8 Å². The van der Waals surface area contributed by atoms with Crippen LogP contribution in [-0.4, -0.2) is 85.0 Å². The van der Waals surface area contributed by atoms with Crippen LogP contribution in [-0.2, 0) is 17.4 Å². The van der Waals surface area contributed by atoms with Crippen molar-refractivity contribution >= 4 is 40.8 Å². The maximum absolute atomic E-state index is 14.0. The van der Waals surface area contributed by atoms with Gasteiger partial charge < -0.3 is 31.1 Å². The molecule has 2 aromatic carbocycles. The fourth-order valence-corrected chi connectivity index (χ4v) is 6.29. The van der Waals surface area contributed by atoms with E-state index in [-0.39, 0.29) is 24.3 Å². The molecule has 2 heterocycles. The van der Waals surface area contributed by atoms with Crippen molar-refractivity contribution in [1.82, 2.24) is 14.7 Å². The van der Waals surface area contributed by atoms with E-state index in [0.29, 0.717) is 85.6 Å². The smallest absolute Gasteiger partial charge is 0.368 e. The molecule has 3 amide bonds. The summed E-state index contributed by atoms with van der Waals surface area (Å²) in [4.78, 5) is 34.2. The van der Waals surface area contributed by atoms with E-state index in [0.717, 1.165) is 12.1 Å². The third kappa shape index (κ3) is 7.87. The minimum absolute atomic E-state index is 0.201. The van der Waals surface area contributed by atoms with E-state index in [2.05, 4.69) is 0 Å². The van der Waals surface area contributed by atoms with Crippen LogP contribution in [0.25, 0.3) is 0 Å². The molecule has 2 aromatic rings. The molecule has 0 spiro atoms. The summed E-state index contributed by atoms with van der Waals surface area (Å²) < 4.78 is 40.7. The number of urea groups is 1. The molecule has 2 aliphatic heterocycles. The topological polar surface area (TPSA) is 99.1 Å². The molecule has 0 aliphatic carbocycles. The second-order valence-corrected chi connectivity index (χ2v) is 12.4. The molecule has 0 bridgehead atoms. The number of anilines is 1. The molecule has 8 nitrogen and oxygen atoms in total. The minimum atomic E-state index is -4.48. The largest absolute Gasteiger partial charge is 0.416 e. The summed E-state index contributed by atoms with van der Waals surface area (Å²) >= 11 is 12.5. The molecule has 4 rings (SSSR count). The number of halogens is 5. The number of amides is 3. The molecular formula is C30H39Cl2F3N6O2. The third-order valence-corrected chi connectivity index (χ3v) is 8.61. The van der Waals surface area contributed by atoms with Crippen molar-refractivity contribution in [1.29, 1.82) is 0 Å². The van der Waals surface area contributed by atoms with E-state index >= 15 is 0 Å². The molecule has 0 saturated carbocycles. The van der Waals surface area contributed by atoms with Gasteiger partial charge in [-0.2, -0.15) is 13.2 Å². The number of nitrogens with zero attached hydrogens (tertiary/aromatic N) is 4. The highest BCUT2D eigenvalue weighted by atomic mass is 35.5. The van der Waals surface area contributed by atoms with Crippen LogP contribution < -0.4 is 16.4 Å². The predicted octanol–water partition coefficient (Wildman–Crippen LogP) is 5.01. The minimum Gasteiger partial charge on any atom is -0.368 e. The summed E-state index contributed by atoms with van der Waals surface area (Å²) in [6.45, 7) is 6.98. The monoisotopic (exact) mass is 642 g/mol. The molecule has 236 valence electrons. The Balaban J connectivity index is 1.55. The van der Waals surface area contributed by atoms with Crippen LogP contribution in [0.4, 0.5) is 23.7 Å². The van der Waals surface area contributed by atoms with Crippen LogP contribution in [0.3, 0.4) is 0 Å². The van der Waals surface area contributed by atoms with Crippen molar-refractivity contribution in [3.8, 4) is 0 Å². The lowest BCUT2D eigenvalue weighted by Gasteiger charge is -2.40. The molecule has 2 saturated heterocycles. The second kappa shape index (κ2) is 13.9. The quantitative estimate of drug-likeness (QED) is 0.379. The Morgan fingerprint density at radius 2 is 1.70 bits per heavy atom. The molecule has 2 fully saturated rings. The van der Waals surface area contributed by atoms with Crippen molar-refractivity contribution in [2.24, 2.45) is 17.4 Å². The van der Waals surface area contributed by atoms with Gasteiger partial charge in [0.2, 0.25) is 5.91 Å². The maximum Gasteiger partial charge on any atom is 0.416 e. The van der Waals surface area contributed by atoms with Gasteiger partial charge in [0.25, 0.3) is 0 Å². The van der Waals surface area contributed by atoms with Gasteiger partial charge in [0.1, 0.15) is 6.04 Å². The fraction of sp³-hybridized carbons (Fsp3) is 0.533. The summed E-state index contributed by atoms with van der Waals surface area (Å²) in [5, 5.41) is 0.878. The molecule has 2 aliphatic rings. The van der Waals surface area contributed by atoms with E-state index in [1.54, 1.807) is 32.9 Å². The molecule has 0 radical (unpaired) electrons. The van der Waals surface area contributed by atoms with Gasteiger partial charge in [-0.1, -0.05) is 43.1 Å². The third-order valence-electron chi connectivity index (χ3n) is 8.03. The Morgan fingerprint density at radius 1 is 1.00 bits per heavy atom. The zero-order valence-electron chi connectivity index (χ0n) is 24.4. The molecule has 0 aromatic heterocycles. The van der Waals surface area contributed by atoms with Crippen LogP contribution in [0.15, 0.2) is 36.4 Å². The number of rotatable bonds is 10. The number of benzene rings is 2. The Labute approximate surface area is 260 Å². The van der Waals surface area contributed by atoms with Crippen LogP contribution >= 0.6 is 23.2 Å². The highest BCUT2D eigenvalue weighted by molar-refractivity contribution is 6.35. The van der Waals surface area contributed by atoms with Gasteiger partial charge in [0.15, 0.2) is 0 Å². The average molecular weight is 644 g/mol. The van der Waals surface area contributed by atoms with Crippen LogP contribution in [0.5, 0.6) is 0 Å². The van der Waals surface area contributed by atoms with Gasteiger partial charge in [0, 0.05) is 80.6 Å². The molecule has 2 atom stereocenters. The first-order valence-corrected chi connectivity index (χ1v) is 15.3. The number of carbonyl (C=O) groups excluding carboxylic acids is 2. The number of nitrogens with two attached hydrogens (primary N) is 2. The molecule has 4 N–H and O–H groups in total. The Bertz CT molecular complexity index is 1300. The van der Waals surface area contributed by atoms with Crippen LogP contribution in [0.2, 0.25) is 10.0 Å². The molecular weight excluding hydrogens is 604 g/mol. The zero-order chi connectivity index (χ0) is 31.5. The zero-order valence-corrected chi connectivity index (χ0v) is 25.9. The van der Waals surface area contributed by atoms with E-state index in [1.807, 2.05) is 18.7 Å². The molecule has 2 unspecified atom stereocenters. The number of piperazine rings is 1. The molecule has 13 heteroatoms. The number of alkyl halides is 3. The number of hydrogen-bond acceptors (Lipinski definition) is 5. The lowest BCUT2D eigenvalue weighted by Crippen LogP contribution is -2.56. The van der Waals surface area contributed by atoms with Crippen molar-refractivity contribution < 1.29 is 22.8 Å². The van der Waals surface area contributed by atoms with Crippen molar-refractivity contribution in [3.63, 3.8) is 0 Å². The second-order valence-electron chi connectivity index (χ2n) is 11.5. The summed E-state index contributed by atoms with van der Waals surface area (Å²) in [7, 11) is 0. The van der Waals surface area contributed by atoms with Gasteiger partial charge in [-0.3, -0.25) is 4.79 Å². The number of hydrogen-bond donors (Lipinski definition) is 2. The van der Waals surface area contributed by atoms with Crippen molar-refractivity contribution in [3.05, 3.63) is 63.1 Å². The van der Waals surface area contributed by atoms with E-state index in [1.165, 1.54) is 6.07 Å². The maximum atomic E-state index is 14.0. The first kappa shape index (κ1) is 33.2. The first-order valence-electron chi connectivity index (χ1n) is 14.5. The Kier molecular flexibility index (Phi) is 10.7. The standard InChI is InChI=1S/C30H39Cl2F3N6O2/c1-19(2)15-25(37)23-17-21(30(33,34)35)4-6-26(23)38-9-11-39(12-10-38)28(42)27(16-20-3-5-22(31)18-24(20)32)41-14-13-40(8-7-36)29(41)43/h3-6,17-19,25,27H,7-16,36-37H2,1-2H3. The van der Waals surface area contributed by atoms with E-state index in [4.69, 9.17) is 34.7 Å². The normalized spacial score (nSPS) is 17.7. The summed E-state index contributed by atoms with van der Waals surface area (Å²) in [5.41, 5.74) is 13.1. The van der Waals surface area contributed by atoms with Crippen molar-refractivity contribution in [2.75, 3.05) is 57.3 Å². The highest BCUT2D eigenvalue weighted by Gasteiger charge is 2.40. The van der Waals surface area contributed by atoms with Gasteiger partial charge >= 0.3 is 12.2 Å². The van der Waals surface area contributed by atoms with Gasteiger partial charge in [0.05, 0.1) is 5.56 Å². The van der Waals surface area contributed by atoms with Crippen molar-refractivity contribution in [2.45, 2.75) is 44.9 Å². The number of carbonyl (C=O) groups is 2. The predicted molar refractivity (Wildman–Crippen MR) is 163 cm³/mol. The lowest BCUT2D eigenvalue weighted by molar-refractivity contribution is -0.138. The summed E-state index contributed by atoms with van der Waals surface area (Å²) in [5.74, 6) is -0.00946. The average Bonchev–Trinajstić information content (AvgIpc) is 3.31. The Hall–Kier alpha value is -2.73. The van der Waals surface area contributed by atoms with Gasteiger partial charge in [-0.15, -0.1) is 0 Å². The SMILES string of the molecule is CC(C)CC(N)c1cc(C(F)(F)F)ccc1N1CCN(C(=O)C(Cc2ccc(Cl)cc2Cl)N2CCN(CCN)C2=O)CC1. The first-order chi connectivity index (χ1) is 20.3. The van der Waals surface area contributed by atoms with Gasteiger partial charge in [-0.25, -0.2) is 4.79 Å². The van der Waals surface area contributed by atoms with Crippen LogP contribution in [0, 0.1) is 5.92 Å². The van der Waals surface area contributed by atoms with Crippen LogP contribution in [0.1, 0.15) is 43.0 Å². The van der Waals surface area contributed by atoms with E-state index < -0.39 is 23.8 Å².